The van der Waals surface area contributed by atoms with Crippen molar-refractivity contribution in [2.24, 2.45) is 0 Å². The largest absolute Gasteiger partial charge is 0.457 e. The molecule has 2 rings (SSSR count). The molecule has 352 valence electrons. The van der Waals surface area contributed by atoms with Crippen molar-refractivity contribution in [1.29, 1.82) is 0 Å². The molecule has 2 aliphatic heterocycles. The Morgan fingerprint density at radius 3 is 1.03 bits per heavy atom. The Hall–Kier alpha value is -1.90. The molecule has 2 fully saturated rings. The number of unbranched alkanes of at least 4 members (excludes halogenated alkanes) is 22. The van der Waals surface area contributed by atoms with Gasteiger partial charge in [0.2, 0.25) is 0 Å². The van der Waals surface area contributed by atoms with Crippen LogP contribution in [0.1, 0.15) is 194 Å². The fraction of sp³-hybridized carbons (Fsp3) is 0.875. The van der Waals surface area contributed by atoms with Crippen LogP contribution in [0.4, 0.5) is 0 Å². The number of carbonyl (C=O) groups is 2. The van der Waals surface area contributed by atoms with Crippen LogP contribution in [-0.2, 0) is 28.5 Å². The lowest BCUT2D eigenvalue weighted by atomic mass is 10.1. The predicted molar refractivity (Wildman–Crippen MR) is 236 cm³/mol. The van der Waals surface area contributed by atoms with Crippen LogP contribution in [0.25, 0.3) is 0 Å². The number of esters is 2. The van der Waals surface area contributed by atoms with Gasteiger partial charge in [-0.15, -0.1) is 0 Å². The second-order valence-corrected chi connectivity index (χ2v) is 16.8. The lowest BCUT2D eigenvalue weighted by Gasteiger charge is -2.24. The fourth-order valence-electron chi connectivity index (χ4n) is 7.46. The van der Waals surface area contributed by atoms with E-state index in [0.29, 0.717) is 12.8 Å². The molecule has 12 heteroatoms. The van der Waals surface area contributed by atoms with E-state index in [1.807, 2.05) is 0 Å². The van der Waals surface area contributed by atoms with E-state index in [1.54, 1.807) is 0 Å². The first-order chi connectivity index (χ1) is 29.2. The maximum atomic E-state index is 11.9. The molecule has 0 aromatic heterocycles. The lowest BCUT2D eigenvalue weighted by Crippen LogP contribution is -2.43. The van der Waals surface area contributed by atoms with E-state index in [1.165, 1.54) is 103 Å². The van der Waals surface area contributed by atoms with Gasteiger partial charge in [0.05, 0.1) is 26.4 Å². The number of hydrogen-bond acceptors (Lipinski definition) is 12. The van der Waals surface area contributed by atoms with Crippen molar-refractivity contribution >= 4 is 11.9 Å². The zero-order chi connectivity index (χ0) is 44.1. The zero-order valence-electron chi connectivity index (χ0n) is 37.7. The second kappa shape index (κ2) is 38.7. The topological polar surface area (TPSA) is 192 Å². The van der Waals surface area contributed by atoms with E-state index >= 15 is 0 Å². The van der Waals surface area contributed by atoms with Gasteiger partial charge in [-0.1, -0.05) is 141 Å². The third kappa shape index (κ3) is 27.9. The molecule has 0 unspecified atom stereocenters. The van der Waals surface area contributed by atoms with Gasteiger partial charge in [-0.05, 0) is 64.2 Å². The summed E-state index contributed by atoms with van der Waals surface area (Å²) in [6.45, 7) is 3.58. The molecule has 2 saturated heterocycles. The summed E-state index contributed by atoms with van der Waals surface area (Å²) in [4.78, 5) is 23.9. The molecular formula is C48H88O12. The van der Waals surface area contributed by atoms with Gasteiger partial charge in [0.25, 0.3) is 0 Å². The third-order valence-corrected chi connectivity index (χ3v) is 11.3. The van der Waals surface area contributed by atoms with E-state index in [4.69, 9.17) is 18.9 Å². The Balaban J connectivity index is 0.000000600. The minimum Gasteiger partial charge on any atom is -0.457 e. The minimum absolute atomic E-state index is 0.0197. The Kier molecular flexibility index (Phi) is 36.2. The summed E-state index contributed by atoms with van der Waals surface area (Å²) in [5.41, 5.74) is 0. The molecule has 2 aliphatic rings. The Labute approximate surface area is 363 Å². The first-order valence-electron chi connectivity index (χ1n) is 24.1. The highest BCUT2D eigenvalue weighted by atomic mass is 16.6. The predicted octanol–water partition coefficient (Wildman–Crippen LogP) is 8.10. The molecule has 8 atom stereocenters. The van der Waals surface area contributed by atoms with Gasteiger partial charge in [-0.25, -0.2) is 0 Å². The molecule has 0 aliphatic carbocycles. The molecule has 0 aromatic rings. The van der Waals surface area contributed by atoms with Crippen molar-refractivity contribution in [2.45, 2.75) is 242 Å². The number of aliphatic hydroxyl groups excluding tert-OH is 6. The number of carbonyl (C=O) groups excluding carboxylic acids is 2. The van der Waals surface area contributed by atoms with Gasteiger partial charge in [0, 0.05) is 12.8 Å². The van der Waals surface area contributed by atoms with Gasteiger partial charge in [-0.3, -0.25) is 9.59 Å². The molecule has 0 amide bonds. The second-order valence-electron chi connectivity index (χ2n) is 16.8. The van der Waals surface area contributed by atoms with Gasteiger partial charge >= 0.3 is 11.9 Å². The van der Waals surface area contributed by atoms with Crippen LogP contribution in [-0.4, -0.2) is 118 Å². The molecule has 0 bridgehead atoms. The molecular weight excluding hydrogens is 769 g/mol. The number of aliphatic hydroxyl groups is 6. The molecule has 0 aromatic carbocycles. The highest BCUT2D eigenvalue weighted by Crippen LogP contribution is 2.22. The summed E-state index contributed by atoms with van der Waals surface area (Å²) >= 11 is 0. The maximum absolute atomic E-state index is 11.9. The zero-order valence-corrected chi connectivity index (χ0v) is 37.7. The highest BCUT2D eigenvalue weighted by Gasteiger charge is 2.42. The molecule has 0 spiro atoms. The van der Waals surface area contributed by atoms with Crippen molar-refractivity contribution in [1.82, 2.24) is 0 Å². The fourth-order valence-corrected chi connectivity index (χ4v) is 7.46. The maximum Gasteiger partial charge on any atom is 0.306 e. The van der Waals surface area contributed by atoms with E-state index < -0.39 is 74.0 Å². The standard InChI is InChI=1S/2C24H44O6/c2*1-2-3-4-5-6-7-8-9-10-11-12-13-14-15-16-17-22(27)30-21(18-25)24-23(28)20(26)19-29-24/h2*9-10,20-21,23-26,28H,2-8,11-19H2,1H3/b2*10-9-/t2*20-,21+,23+,24+/m00/s1. The van der Waals surface area contributed by atoms with Crippen molar-refractivity contribution in [2.75, 3.05) is 26.4 Å². The van der Waals surface area contributed by atoms with Crippen LogP contribution in [0.3, 0.4) is 0 Å². The third-order valence-electron chi connectivity index (χ3n) is 11.3. The summed E-state index contributed by atoms with van der Waals surface area (Å²) in [5.74, 6) is -0.798. The number of ether oxygens (including phenoxy) is 4. The molecule has 2 heterocycles. The molecule has 0 radical (unpaired) electrons. The van der Waals surface area contributed by atoms with Crippen LogP contribution in [0, 0.1) is 0 Å². The SMILES string of the molecule is CCCCCCCC/C=C\CCCCCCCC(=O)O[C@H](CO)[C@H]1OC[C@H](O)[C@H]1O.CCCCCCCC/C=C\CCCCCCCC(=O)O[C@H](CO)[C@H]1OC[C@H](O)[C@H]1O. The number of allylic oxidation sites excluding steroid dienone is 4. The average molecular weight is 857 g/mol. The lowest BCUT2D eigenvalue weighted by molar-refractivity contribution is -0.163. The summed E-state index contributed by atoms with van der Waals surface area (Å²) < 4.78 is 20.9. The number of hydrogen-bond donors (Lipinski definition) is 6. The van der Waals surface area contributed by atoms with E-state index in [9.17, 15) is 40.2 Å². The molecule has 0 saturated carbocycles. The Morgan fingerprint density at radius 2 is 0.767 bits per heavy atom. The Bertz CT molecular complexity index is 988. The first-order valence-corrected chi connectivity index (χ1v) is 24.1. The van der Waals surface area contributed by atoms with Crippen molar-refractivity contribution < 1.29 is 59.2 Å². The van der Waals surface area contributed by atoms with Crippen LogP contribution < -0.4 is 0 Å². The van der Waals surface area contributed by atoms with Crippen molar-refractivity contribution in [3.8, 4) is 0 Å². The highest BCUT2D eigenvalue weighted by molar-refractivity contribution is 5.70. The van der Waals surface area contributed by atoms with Crippen LogP contribution in [0.2, 0.25) is 0 Å². The van der Waals surface area contributed by atoms with Gasteiger partial charge in [-0.2, -0.15) is 0 Å². The summed E-state index contributed by atoms with van der Waals surface area (Å²) in [5, 5.41) is 57.4. The van der Waals surface area contributed by atoms with E-state index in [0.717, 1.165) is 64.2 Å². The van der Waals surface area contributed by atoms with E-state index in [2.05, 4.69) is 38.2 Å². The minimum atomic E-state index is -1.14. The molecule has 12 nitrogen and oxygen atoms in total. The molecule has 6 N–H and O–H groups in total. The Morgan fingerprint density at radius 1 is 0.483 bits per heavy atom. The van der Waals surface area contributed by atoms with Crippen molar-refractivity contribution in [3.63, 3.8) is 0 Å². The normalized spacial score (nSPS) is 22.6. The van der Waals surface area contributed by atoms with Crippen LogP contribution in [0.5, 0.6) is 0 Å². The van der Waals surface area contributed by atoms with Crippen molar-refractivity contribution in [3.05, 3.63) is 24.3 Å². The first kappa shape index (κ1) is 56.1. The quantitative estimate of drug-likeness (QED) is 0.0202. The van der Waals surface area contributed by atoms with Gasteiger partial charge in [0.15, 0.2) is 12.2 Å². The summed E-state index contributed by atoms with van der Waals surface area (Å²) in [7, 11) is 0. The summed E-state index contributed by atoms with van der Waals surface area (Å²) in [6, 6.07) is 0. The van der Waals surface area contributed by atoms with Gasteiger partial charge in [0.1, 0.15) is 36.6 Å². The van der Waals surface area contributed by atoms with Gasteiger partial charge < -0.3 is 49.6 Å². The monoisotopic (exact) mass is 857 g/mol. The van der Waals surface area contributed by atoms with Crippen LogP contribution >= 0.6 is 0 Å². The summed E-state index contributed by atoms with van der Waals surface area (Å²) in [6.07, 6.45) is 33.0. The average Bonchev–Trinajstić information content (AvgIpc) is 3.76. The van der Waals surface area contributed by atoms with E-state index in [-0.39, 0.29) is 13.2 Å². The van der Waals surface area contributed by atoms with Crippen LogP contribution in [0.15, 0.2) is 24.3 Å². The number of rotatable bonds is 36. The smallest absolute Gasteiger partial charge is 0.306 e. The molecule has 60 heavy (non-hydrogen) atoms.